The highest BCUT2D eigenvalue weighted by Gasteiger charge is 2.35. The van der Waals surface area contributed by atoms with Crippen LogP contribution in [0.1, 0.15) is 26.5 Å². The summed E-state index contributed by atoms with van der Waals surface area (Å²) in [6, 6.07) is 10.9. The van der Waals surface area contributed by atoms with E-state index in [2.05, 4.69) is 0 Å². The number of Topliss-reactive ketones (excluding diaryl/α,β-unsaturated/α-hetero) is 1. The molecule has 3 rings (SSSR count). The molecule has 1 aliphatic rings. The maximum Gasteiger partial charge on any atom is 0.311 e. The predicted molar refractivity (Wildman–Crippen MR) is 99.3 cm³/mol. The second kappa shape index (κ2) is 8.01. The number of ketones is 1. The molecule has 1 aromatic carbocycles. The van der Waals surface area contributed by atoms with E-state index >= 15 is 0 Å². The molecule has 1 atom stereocenters. The van der Waals surface area contributed by atoms with Crippen molar-refractivity contribution in [2.75, 3.05) is 13.2 Å². The van der Waals surface area contributed by atoms with Crippen LogP contribution in [0.4, 0.5) is 0 Å². The minimum absolute atomic E-state index is 0.0928. The first-order chi connectivity index (χ1) is 12.4. The average molecular weight is 392 g/mol. The summed E-state index contributed by atoms with van der Waals surface area (Å²) in [5.41, 5.74) is 0.833. The zero-order chi connectivity index (χ0) is 18.7. The van der Waals surface area contributed by atoms with Gasteiger partial charge < -0.3 is 9.64 Å². The molecule has 0 spiro atoms. The number of halogens is 1. The zero-order valence-electron chi connectivity index (χ0n) is 14.2. The lowest BCUT2D eigenvalue weighted by Gasteiger charge is -2.17. The van der Waals surface area contributed by atoms with Crippen LogP contribution in [0.25, 0.3) is 0 Å². The first-order valence-corrected chi connectivity index (χ1v) is 9.41. The van der Waals surface area contributed by atoms with Gasteiger partial charge in [-0.3, -0.25) is 14.4 Å². The zero-order valence-corrected chi connectivity index (χ0v) is 15.8. The number of hydrogen-bond acceptors (Lipinski definition) is 5. The van der Waals surface area contributed by atoms with Gasteiger partial charge in [-0.05, 0) is 30.7 Å². The van der Waals surface area contributed by atoms with Gasteiger partial charge in [0.1, 0.15) is 0 Å². The van der Waals surface area contributed by atoms with E-state index in [0.29, 0.717) is 16.4 Å². The predicted octanol–water partition coefficient (Wildman–Crippen LogP) is 3.48. The number of esters is 1. The number of nitrogens with zero attached hydrogens (tertiary/aromatic N) is 1. The third kappa shape index (κ3) is 4.31. The van der Waals surface area contributed by atoms with Crippen molar-refractivity contribution < 1.29 is 19.1 Å². The number of thiophene rings is 1. The number of amides is 1. The van der Waals surface area contributed by atoms with Gasteiger partial charge in [-0.25, -0.2) is 0 Å². The highest BCUT2D eigenvalue weighted by molar-refractivity contribution is 7.14. The van der Waals surface area contributed by atoms with Crippen LogP contribution in [0.5, 0.6) is 0 Å². The molecule has 0 aliphatic carbocycles. The molecule has 5 nitrogen and oxygen atoms in total. The van der Waals surface area contributed by atoms with Crippen molar-refractivity contribution in [2.24, 2.45) is 5.92 Å². The summed E-state index contributed by atoms with van der Waals surface area (Å²) in [5, 5.41) is 0.586. The average Bonchev–Trinajstić information content (AvgIpc) is 3.21. The van der Waals surface area contributed by atoms with Gasteiger partial charge in [0, 0.05) is 29.4 Å². The molecular formula is C19H18ClNO4S. The van der Waals surface area contributed by atoms with Crippen LogP contribution >= 0.6 is 22.9 Å². The number of carbonyl (C=O) groups excluding carboxylic acids is 3. The van der Waals surface area contributed by atoms with Gasteiger partial charge in [0.15, 0.2) is 6.61 Å². The fraction of sp³-hybridized carbons (Fsp3) is 0.316. The van der Waals surface area contributed by atoms with Crippen LogP contribution in [0, 0.1) is 12.8 Å². The quantitative estimate of drug-likeness (QED) is 0.558. The fourth-order valence-corrected chi connectivity index (χ4v) is 3.81. The molecule has 1 aliphatic heterocycles. The largest absolute Gasteiger partial charge is 0.457 e. The van der Waals surface area contributed by atoms with Crippen molar-refractivity contribution in [1.82, 2.24) is 4.90 Å². The molecule has 0 N–H and O–H groups in total. The molecule has 7 heteroatoms. The molecule has 1 aromatic heterocycles. The van der Waals surface area contributed by atoms with Crippen molar-refractivity contribution in [1.29, 1.82) is 0 Å². The van der Waals surface area contributed by atoms with E-state index in [1.165, 1.54) is 11.3 Å². The topological polar surface area (TPSA) is 63.7 Å². The number of aryl methyl sites for hydroxylation is 1. The van der Waals surface area contributed by atoms with Crippen LogP contribution < -0.4 is 0 Å². The Labute approximate surface area is 160 Å². The molecule has 136 valence electrons. The van der Waals surface area contributed by atoms with E-state index < -0.39 is 11.9 Å². The number of likely N-dealkylation sites (tertiary alicyclic amines) is 1. The minimum Gasteiger partial charge on any atom is -0.457 e. The Balaban J connectivity index is 1.53. The second-order valence-electron chi connectivity index (χ2n) is 6.21. The Kier molecular flexibility index (Phi) is 5.74. The first kappa shape index (κ1) is 18.6. The lowest BCUT2D eigenvalue weighted by atomic mass is 10.1. The van der Waals surface area contributed by atoms with Gasteiger partial charge in [-0.15, -0.1) is 11.3 Å². The van der Waals surface area contributed by atoms with Crippen molar-refractivity contribution >= 4 is 40.6 Å². The van der Waals surface area contributed by atoms with Gasteiger partial charge in [0.25, 0.3) is 0 Å². The summed E-state index contributed by atoms with van der Waals surface area (Å²) in [5.74, 6) is -1.41. The third-order valence-corrected chi connectivity index (χ3v) is 5.64. The molecule has 0 unspecified atom stereocenters. The summed E-state index contributed by atoms with van der Waals surface area (Å²) in [6.45, 7) is 2.24. The van der Waals surface area contributed by atoms with Crippen LogP contribution in [0.3, 0.4) is 0 Å². The summed E-state index contributed by atoms with van der Waals surface area (Å²) in [7, 11) is 0. The Morgan fingerprint density at radius 2 is 2.04 bits per heavy atom. The van der Waals surface area contributed by atoms with Crippen molar-refractivity contribution in [3.05, 3.63) is 56.7 Å². The molecule has 2 heterocycles. The van der Waals surface area contributed by atoms with Crippen LogP contribution in [0.15, 0.2) is 36.4 Å². The van der Waals surface area contributed by atoms with Crippen LogP contribution in [-0.4, -0.2) is 35.7 Å². The number of hydrogen-bond donors (Lipinski definition) is 0. The number of rotatable bonds is 6. The van der Waals surface area contributed by atoms with Gasteiger partial charge >= 0.3 is 5.97 Å². The minimum atomic E-state index is -0.553. The smallest absolute Gasteiger partial charge is 0.311 e. The Bertz CT molecular complexity index is 848. The third-order valence-electron chi connectivity index (χ3n) is 4.23. The summed E-state index contributed by atoms with van der Waals surface area (Å²) in [6.07, 6.45) is 0.0928. The highest BCUT2D eigenvalue weighted by Crippen LogP contribution is 2.24. The van der Waals surface area contributed by atoms with Crippen LogP contribution in [-0.2, 0) is 20.9 Å². The van der Waals surface area contributed by atoms with E-state index in [9.17, 15) is 14.4 Å². The van der Waals surface area contributed by atoms with E-state index in [4.69, 9.17) is 16.3 Å². The van der Waals surface area contributed by atoms with Crippen molar-refractivity contribution in [3.8, 4) is 0 Å². The SMILES string of the molecule is Cc1ccc(C(=O)COC(=O)[C@@H]2CC(=O)N(Cc3ccccc3Cl)C2)s1. The Hall–Kier alpha value is -2.18. The van der Waals surface area contributed by atoms with E-state index in [1.54, 1.807) is 17.0 Å². The molecule has 0 saturated carbocycles. The Morgan fingerprint density at radius 1 is 1.27 bits per heavy atom. The summed E-state index contributed by atoms with van der Waals surface area (Å²) < 4.78 is 5.14. The van der Waals surface area contributed by atoms with E-state index in [1.807, 2.05) is 31.2 Å². The summed E-state index contributed by atoms with van der Waals surface area (Å²) in [4.78, 5) is 39.6. The Morgan fingerprint density at radius 3 is 2.73 bits per heavy atom. The fourth-order valence-electron chi connectivity index (χ4n) is 2.83. The summed E-state index contributed by atoms with van der Waals surface area (Å²) >= 11 is 7.50. The molecule has 26 heavy (non-hydrogen) atoms. The van der Waals surface area contributed by atoms with Gasteiger partial charge in [0.05, 0.1) is 10.8 Å². The monoisotopic (exact) mass is 391 g/mol. The lowest BCUT2D eigenvalue weighted by molar-refractivity contribution is -0.147. The molecule has 0 radical (unpaired) electrons. The maximum atomic E-state index is 12.2. The normalized spacial score (nSPS) is 16.8. The molecular weight excluding hydrogens is 374 g/mol. The number of ether oxygens (including phenoxy) is 1. The maximum absolute atomic E-state index is 12.2. The van der Waals surface area contributed by atoms with E-state index in [0.717, 1.165) is 10.4 Å². The molecule has 0 bridgehead atoms. The van der Waals surface area contributed by atoms with Crippen molar-refractivity contribution in [3.63, 3.8) is 0 Å². The highest BCUT2D eigenvalue weighted by atomic mass is 35.5. The molecule has 1 fully saturated rings. The second-order valence-corrected chi connectivity index (χ2v) is 7.90. The van der Waals surface area contributed by atoms with Crippen LogP contribution in [0.2, 0.25) is 5.02 Å². The molecule has 1 saturated heterocycles. The van der Waals surface area contributed by atoms with Gasteiger partial charge in [0.2, 0.25) is 11.7 Å². The standard InChI is InChI=1S/C19H18ClNO4S/c1-12-6-7-17(26-12)16(22)11-25-19(24)14-8-18(23)21(10-14)9-13-4-2-3-5-15(13)20/h2-7,14H,8-11H2,1H3/t14-/m1/s1. The van der Waals surface area contributed by atoms with Gasteiger partial charge in [-0.1, -0.05) is 29.8 Å². The molecule has 1 amide bonds. The van der Waals surface area contributed by atoms with Crippen molar-refractivity contribution in [2.45, 2.75) is 19.9 Å². The number of benzene rings is 1. The van der Waals surface area contributed by atoms with Gasteiger partial charge in [-0.2, -0.15) is 0 Å². The number of carbonyl (C=O) groups is 3. The van der Waals surface area contributed by atoms with E-state index in [-0.39, 0.29) is 31.3 Å². The first-order valence-electron chi connectivity index (χ1n) is 8.21. The molecule has 2 aromatic rings. The lowest BCUT2D eigenvalue weighted by Crippen LogP contribution is -2.27.